The number of nitrogen functional groups attached to an aromatic ring is 1. The van der Waals surface area contributed by atoms with E-state index < -0.39 is 0 Å². The summed E-state index contributed by atoms with van der Waals surface area (Å²) in [6, 6.07) is 5.33. The Morgan fingerprint density at radius 2 is 2.00 bits per heavy atom. The summed E-state index contributed by atoms with van der Waals surface area (Å²) in [4.78, 5) is 0. The zero-order valence-electron chi connectivity index (χ0n) is 7.09. The number of hydrogen-bond acceptors (Lipinski definition) is 2. The van der Waals surface area contributed by atoms with Gasteiger partial charge in [0, 0.05) is 5.56 Å². The summed E-state index contributed by atoms with van der Waals surface area (Å²) in [5.74, 6) is 0.517. The zero-order chi connectivity index (χ0) is 10.1. The predicted octanol–water partition coefficient (Wildman–Crippen LogP) is 2.97. The number of halogens is 2. The van der Waals surface area contributed by atoms with E-state index >= 15 is 0 Å². The van der Waals surface area contributed by atoms with Crippen LogP contribution in [0.5, 0.6) is 0 Å². The van der Waals surface area contributed by atoms with Crippen LogP contribution in [0.25, 0.3) is 11.1 Å². The summed E-state index contributed by atoms with van der Waals surface area (Å²) in [5, 5.41) is 7.51. The lowest BCUT2D eigenvalue weighted by Crippen LogP contribution is -1.87. The van der Waals surface area contributed by atoms with Crippen LogP contribution >= 0.6 is 23.2 Å². The van der Waals surface area contributed by atoms with Crippen LogP contribution in [-0.2, 0) is 0 Å². The molecule has 0 bridgehead atoms. The molecule has 0 saturated carbocycles. The van der Waals surface area contributed by atoms with Crippen molar-refractivity contribution >= 4 is 29.0 Å². The van der Waals surface area contributed by atoms with Crippen LogP contribution in [-0.4, -0.2) is 10.2 Å². The first kappa shape index (κ1) is 9.37. The SMILES string of the molecule is Nc1[nH]ncc1-c1ccc(Cl)c(Cl)c1. The van der Waals surface area contributed by atoms with Gasteiger partial charge in [-0.05, 0) is 17.7 Å². The molecule has 0 amide bonds. The summed E-state index contributed by atoms with van der Waals surface area (Å²) in [6.45, 7) is 0. The number of nitrogens with zero attached hydrogens (tertiary/aromatic N) is 1. The first-order valence-electron chi connectivity index (χ1n) is 3.93. The molecule has 2 rings (SSSR count). The number of anilines is 1. The fraction of sp³-hybridized carbons (Fsp3) is 0. The van der Waals surface area contributed by atoms with E-state index in [1.54, 1.807) is 18.3 Å². The minimum absolute atomic E-state index is 0.504. The Morgan fingerprint density at radius 1 is 1.21 bits per heavy atom. The van der Waals surface area contributed by atoms with Gasteiger partial charge in [0.25, 0.3) is 0 Å². The summed E-state index contributed by atoms with van der Waals surface area (Å²) in [5.41, 5.74) is 7.38. The van der Waals surface area contributed by atoms with Gasteiger partial charge in [-0.3, -0.25) is 5.10 Å². The highest BCUT2D eigenvalue weighted by Gasteiger charge is 2.06. The Morgan fingerprint density at radius 3 is 2.57 bits per heavy atom. The maximum Gasteiger partial charge on any atom is 0.126 e. The molecule has 3 nitrogen and oxygen atoms in total. The number of benzene rings is 1. The topological polar surface area (TPSA) is 54.7 Å². The lowest BCUT2D eigenvalue weighted by molar-refractivity contribution is 1.10. The second-order valence-corrected chi connectivity index (χ2v) is 3.64. The van der Waals surface area contributed by atoms with Crippen LogP contribution in [0, 0.1) is 0 Å². The molecule has 1 aromatic heterocycles. The lowest BCUT2D eigenvalue weighted by atomic mass is 10.1. The number of aromatic nitrogens is 2. The van der Waals surface area contributed by atoms with Gasteiger partial charge in [0.2, 0.25) is 0 Å². The van der Waals surface area contributed by atoms with E-state index in [9.17, 15) is 0 Å². The van der Waals surface area contributed by atoms with Gasteiger partial charge >= 0.3 is 0 Å². The van der Waals surface area contributed by atoms with E-state index in [0.717, 1.165) is 11.1 Å². The Labute approximate surface area is 90.8 Å². The van der Waals surface area contributed by atoms with E-state index in [1.807, 2.05) is 6.07 Å². The third-order valence-corrected chi connectivity index (χ3v) is 2.64. The van der Waals surface area contributed by atoms with E-state index in [1.165, 1.54) is 0 Å². The summed E-state index contributed by atoms with van der Waals surface area (Å²) in [6.07, 6.45) is 1.65. The van der Waals surface area contributed by atoms with E-state index in [-0.39, 0.29) is 0 Å². The fourth-order valence-corrected chi connectivity index (χ4v) is 1.49. The molecule has 0 aliphatic heterocycles. The summed E-state index contributed by atoms with van der Waals surface area (Å²) < 4.78 is 0. The number of aromatic amines is 1. The Balaban J connectivity index is 2.53. The number of nitrogens with one attached hydrogen (secondary N) is 1. The van der Waals surface area contributed by atoms with E-state index in [0.29, 0.717) is 15.9 Å². The maximum atomic E-state index is 5.88. The van der Waals surface area contributed by atoms with Gasteiger partial charge in [0.1, 0.15) is 5.82 Å². The van der Waals surface area contributed by atoms with Crippen LogP contribution in [0.15, 0.2) is 24.4 Å². The quantitative estimate of drug-likeness (QED) is 0.788. The molecule has 0 saturated heterocycles. The first-order valence-corrected chi connectivity index (χ1v) is 4.68. The van der Waals surface area contributed by atoms with Gasteiger partial charge < -0.3 is 5.73 Å². The third-order valence-electron chi connectivity index (χ3n) is 1.90. The van der Waals surface area contributed by atoms with E-state index in [2.05, 4.69) is 10.2 Å². The van der Waals surface area contributed by atoms with Crippen molar-refractivity contribution in [1.29, 1.82) is 0 Å². The Bertz CT molecular complexity index is 465. The van der Waals surface area contributed by atoms with Gasteiger partial charge in [-0.2, -0.15) is 5.10 Å². The molecule has 1 heterocycles. The molecule has 1 aromatic carbocycles. The second kappa shape index (κ2) is 3.52. The van der Waals surface area contributed by atoms with Crippen molar-refractivity contribution < 1.29 is 0 Å². The normalized spacial score (nSPS) is 10.4. The summed E-state index contributed by atoms with van der Waals surface area (Å²) in [7, 11) is 0. The Hall–Kier alpha value is -1.19. The molecule has 14 heavy (non-hydrogen) atoms. The first-order chi connectivity index (χ1) is 6.68. The monoisotopic (exact) mass is 227 g/mol. The molecule has 0 aliphatic rings. The molecule has 5 heteroatoms. The smallest absolute Gasteiger partial charge is 0.126 e. The third kappa shape index (κ3) is 1.56. The molecule has 3 N–H and O–H groups in total. The predicted molar refractivity (Wildman–Crippen MR) is 58.5 cm³/mol. The van der Waals surface area contributed by atoms with Gasteiger partial charge in [-0.1, -0.05) is 29.3 Å². The van der Waals surface area contributed by atoms with Crippen molar-refractivity contribution in [2.24, 2.45) is 0 Å². The number of H-pyrrole nitrogens is 1. The van der Waals surface area contributed by atoms with Crippen LogP contribution in [0.3, 0.4) is 0 Å². The van der Waals surface area contributed by atoms with Gasteiger partial charge in [-0.15, -0.1) is 0 Å². The summed E-state index contributed by atoms with van der Waals surface area (Å²) >= 11 is 11.7. The highest BCUT2D eigenvalue weighted by atomic mass is 35.5. The van der Waals surface area contributed by atoms with Crippen LogP contribution < -0.4 is 5.73 Å². The molecule has 0 fully saturated rings. The van der Waals surface area contributed by atoms with E-state index in [4.69, 9.17) is 28.9 Å². The zero-order valence-corrected chi connectivity index (χ0v) is 8.60. The standard InChI is InChI=1S/C9H7Cl2N3/c10-7-2-1-5(3-8(7)11)6-4-13-14-9(6)12/h1-4H,(H3,12,13,14). The van der Waals surface area contributed by atoms with Crippen molar-refractivity contribution in [3.05, 3.63) is 34.4 Å². The van der Waals surface area contributed by atoms with Crippen molar-refractivity contribution in [1.82, 2.24) is 10.2 Å². The lowest BCUT2D eigenvalue weighted by Gasteiger charge is -2.01. The van der Waals surface area contributed by atoms with Gasteiger partial charge in [0.15, 0.2) is 0 Å². The minimum Gasteiger partial charge on any atom is -0.384 e. The van der Waals surface area contributed by atoms with Gasteiger partial charge in [0.05, 0.1) is 16.2 Å². The molecular weight excluding hydrogens is 221 g/mol. The number of rotatable bonds is 1. The Kier molecular flexibility index (Phi) is 2.35. The van der Waals surface area contributed by atoms with Crippen LogP contribution in [0.4, 0.5) is 5.82 Å². The molecule has 72 valence electrons. The average Bonchev–Trinajstić information content (AvgIpc) is 2.57. The van der Waals surface area contributed by atoms with Crippen molar-refractivity contribution in [2.75, 3.05) is 5.73 Å². The average molecular weight is 228 g/mol. The molecule has 0 unspecified atom stereocenters. The van der Waals surface area contributed by atoms with Gasteiger partial charge in [-0.25, -0.2) is 0 Å². The molecule has 2 aromatic rings. The fourth-order valence-electron chi connectivity index (χ4n) is 1.19. The van der Waals surface area contributed by atoms with Crippen molar-refractivity contribution in [3.63, 3.8) is 0 Å². The molecule has 0 atom stereocenters. The minimum atomic E-state index is 0.504. The number of nitrogens with two attached hydrogens (primary N) is 1. The molecule has 0 spiro atoms. The molecule has 0 radical (unpaired) electrons. The molecule has 0 aliphatic carbocycles. The highest BCUT2D eigenvalue weighted by molar-refractivity contribution is 6.42. The largest absolute Gasteiger partial charge is 0.384 e. The molecular formula is C9H7Cl2N3. The highest BCUT2D eigenvalue weighted by Crippen LogP contribution is 2.30. The van der Waals surface area contributed by atoms with Crippen LogP contribution in [0.1, 0.15) is 0 Å². The number of hydrogen-bond donors (Lipinski definition) is 2. The maximum absolute atomic E-state index is 5.88. The van der Waals surface area contributed by atoms with Crippen LogP contribution in [0.2, 0.25) is 10.0 Å². The van der Waals surface area contributed by atoms with Crippen molar-refractivity contribution in [3.8, 4) is 11.1 Å². The van der Waals surface area contributed by atoms with Crippen molar-refractivity contribution in [2.45, 2.75) is 0 Å². The second-order valence-electron chi connectivity index (χ2n) is 2.83.